The molecular formula is C22H24FN5O2. The number of hydrogen-bond acceptors (Lipinski definition) is 6. The molecule has 1 aliphatic rings. The number of carbonyl (C=O) groups excluding carboxylic acids is 1. The molecule has 1 fully saturated rings. The smallest absolute Gasteiger partial charge is 0.163 e. The monoisotopic (exact) mass is 409 g/mol. The highest BCUT2D eigenvalue weighted by Gasteiger charge is 2.21. The van der Waals surface area contributed by atoms with Crippen LogP contribution in [0.5, 0.6) is 0 Å². The van der Waals surface area contributed by atoms with Crippen LogP contribution in [0.15, 0.2) is 36.7 Å². The van der Waals surface area contributed by atoms with Crippen molar-refractivity contribution in [2.75, 3.05) is 31.2 Å². The van der Waals surface area contributed by atoms with Gasteiger partial charge in [0.05, 0.1) is 18.9 Å². The lowest BCUT2D eigenvalue weighted by atomic mass is 9.98. The first-order chi connectivity index (χ1) is 14.5. The van der Waals surface area contributed by atoms with Gasteiger partial charge in [-0.05, 0) is 36.8 Å². The van der Waals surface area contributed by atoms with Crippen LogP contribution >= 0.6 is 0 Å². The third-order valence-corrected chi connectivity index (χ3v) is 5.26. The van der Waals surface area contributed by atoms with Crippen molar-refractivity contribution in [2.45, 2.75) is 26.2 Å². The topological polar surface area (TPSA) is 84.0 Å². The highest BCUT2D eigenvalue weighted by atomic mass is 19.1. The molecule has 3 heterocycles. The van der Waals surface area contributed by atoms with Crippen molar-refractivity contribution in [1.82, 2.24) is 20.2 Å². The largest absolute Gasteiger partial charge is 0.378 e. The van der Waals surface area contributed by atoms with Crippen LogP contribution in [0.25, 0.3) is 11.3 Å². The summed E-state index contributed by atoms with van der Waals surface area (Å²) in [7, 11) is 0. The molecule has 3 aromatic rings. The molecule has 4 rings (SSSR count). The van der Waals surface area contributed by atoms with Gasteiger partial charge < -0.3 is 9.64 Å². The first kappa shape index (κ1) is 20.2. The van der Waals surface area contributed by atoms with Crippen LogP contribution in [0.4, 0.5) is 10.2 Å². The average Bonchev–Trinajstić information content (AvgIpc) is 3.29. The van der Waals surface area contributed by atoms with Gasteiger partial charge >= 0.3 is 0 Å². The lowest BCUT2D eigenvalue weighted by Crippen LogP contribution is -2.37. The number of carbonyl (C=O) groups is 1. The van der Waals surface area contributed by atoms with E-state index < -0.39 is 0 Å². The van der Waals surface area contributed by atoms with E-state index in [-0.39, 0.29) is 23.9 Å². The average molecular weight is 409 g/mol. The Morgan fingerprint density at radius 1 is 1.27 bits per heavy atom. The molecule has 156 valence electrons. The van der Waals surface area contributed by atoms with Crippen LogP contribution in [0.3, 0.4) is 0 Å². The summed E-state index contributed by atoms with van der Waals surface area (Å²) in [6.07, 6.45) is 1.69. The standard InChI is InChI=1S/C22H24FN5O2/c1-14-3-4-17(18(23)9-14)19-11-16(12-21(26-19)28-5-7-30-8-6-28)20(29)10-15(2)22-24-13-25-27-22/h3-4,9,11-13,15H,5-8,10H2,1-2H3,(H,24,25,27)/t15-/m1/s1. The minimum absolute atomic E-state index is 0.0513. The highest BCUT2D eigenvalue weighted by Crippen LogP contribution is 2.28. The summed E-state index contributed by atoms with van der Waals surface area (Å²) in [5, 5.41) is 6.66. The van der Waals surface area contributed by atoms with Gasteiger partial charge in [-0.1, -0.05) is 13.0 Å². The van der Waals surface area contributed by atoms with E-state index >= 15 is 0 Å². The van der Waals surface area contributed by atoms with E-state index in [4.69, 9.17) is 4.74 Å². The van der Waals surface area contributed by atoms with Crippen LogP contribution < -0.4 is 4.90 Å². The fraction of sp³-hybridized carbons (Fsp3) is 0.364. The molecule has 1 saturated heterocycles. The van der Waals surface area contributed by atoms with Crippen LogP contribution in [0.2, 0.25) is 0 Å². The van der Waals surface area contributed by atoms with Crippen molar-refractivity contribution in [3.05, 3.63) is 59.4 Å². The zero-order valence-corrected chi connectivity index (χ0v) is 17.1. The quantitative estimate of drug-likeness (QED) is 0.627. The number of aromatic nitrogens is 4. The lowest BCUT2D eigenvalue weighted by molar-refractivity contribution is 0.0974. The van der Waals surface area contributed by atoms with E-state index in [0.29, 0.717) is 54.8 Å². The normalized spacial score (nSPS) is 15.2. The zero-order chi connectivity index (χ0) is 21.1. The third kappa shape index (κ3) is 4.38. The van der Waals surface area contributed by atoms with Crippen LogP contribution in [0, 0.1) is 12.7 Å². The van der Waals surface area contributed by atoms with E-state index in [1.165, 1.54) is 12.4 Å². The molecule has 1 N–H and O–H groups in total. The van der Waals surface area contributed by atoms with Crippen molar-refractivity contribution < 1.29 is 13.9 Å². The van der Waals surface area contributed by atoms with Gasteiger partial charge in [-0.3, -0.25) is 9.89 Å². The van der Waals surface area contributed by atoms with Crippen molar-refractivity contribution >= 4 is 11.6 Å². The van der Waals surface area contributed by atoms with E-state index in [1.807, 2.05) is 19.9 Å². The number of anilines is 1. The number of rotatable bonds is 6. The molecule has 1 aliphatic heterocycles. The summed E-state index contributed by atoms with van der Waals surface area (Å²) in [4.78, 5) is 24.0. The Kier molecular flexibility index (Phi) is 5.85. The number of hydrogen-bond donors (Lipinski definition) is 1. The number of ether oxygens (including phenoxy) is 1. The van der Waals surface area contributed by atoms with Crippen molar-refractivity contribution in [1.29, 1.82) is 0 Å². The first-order valence-electron chi connectivity index (χ1n) is 10.0. The Morgan fingerprint density at radius 2 is 2.07 bits per heavy atom. The minimum Gasteiger partial charge on any atom is -0.378 e. The number of ketones is 1. The molecule has 0 amide bonds. The fourth-order valence-electron chi connectivity index (χ4n) is 3.54. The minimum atomic E-state index is -0.352. The van der Waals surface area contributed by atoms with Crippen LogP contribution in [-0.4, -0.2) is 52.3 Å². The fourth-order valence-corrected chi connectivity index (χ4v) is 3.54. The maximum Gasteiger partial charge on any atom is 0.163 e. The number of nitrogens with zero attached hydrogens (tertiary/aromatic N) is 4. The summed E-state index contributed by atoms with van der Waals surface area (Å²) < 4.78 is 20.1. The predicted octanol–water partition coefficient (Wildman–Crippen LogP) is 3.53. The van der Waals surface area contributed by atoms with Gasteiger partial charge in [-0.2, -0.15) is 5.10 Å². The molecule has 0 spiro atoms. The molecule has 0 bridgehead atoms. The second-order valence-corrected chi connectivity index (χ2v) is 7.58. The maximum absolute atomic E-state index is 14.7. The summed E-state index contributed by atoms with van der Waals surface area (Å²) >= 11 is 0. The lowest BCUT2D eigenvalue weighted by Gasteiger charge is -2.28. The summed E-state index contributed by atoms with van der Waals surface area (Å²) in [6.45, 7) is 6.30. The Balaban J connectivity index is 1.70. The number of Topliss-reactive ketones (excluding diaryl/α,β-unsaturated/α-hetero) is 1. The third-order valence-electron chi connectivity index (χ3n) is 5.26. The Hall–Kier alpha value is -3.13. The van der Waals surface area contributed by atoms with Crippen molar-refractivity contribution in [3.63, 3.8) is 0 Å². The molecule has 0 radical (unpaired) electrons. The molecule has 1 atom stereocenters. The van der Waals surface area contributed by atoms with Gasteiger partial charge in [-0.15, -0.1) is 0 Å². The predicted molar refractivity (Wildman–Crippen MR) is 111 cm³/mol. The molecule has 2 aromatic heterocycles. The number of pyridine rings is 1. The summed E-state index contributed by atoms with van der Waals surface area (Å²) in [5.74, 6) is 0.807. The second kappa shape index (κ2) is 8.71. The van der Waals surface area contributed by atoms with E-state index in [0.717, 1.165) is 5.56 Å². The number of H-pyrrole nitrogens is 1. The number of halogens is 1. The van der Waals surface area contributed by atoms with Gasteiger partial charge in [-0.25, -0.2) is 14.4 Å². The number of benzene rings is 1. The van der Waals surface area contributed by atoms with Crippen molar-refractivity contribution in [3.8, 4) is 11.3 Å². The van der Waals surface area contributed by atoms with E-state index in [9.17, 15) is 9.18 Å². The number of morpholine rings is 1. The number of aromatic amines is 1. The van der Waals surface area contributed by atoms with Gasteiger partial charge in [0.2, 0.25) is 0 Å². The molecule has 0 saturated carbocycles. The zero-order valence-electron chi connectivity index (χ0n) is 17.1. The van der Waals surface area contributed by atoms with E-state index in [2.05, 4.69) is 25.1 Å². The van der Waals surface area contributed by atoms with Gasteiger partial charge in [0.1, 0.15) is 23.8 Å². The maximum atomic E-state index is 14.7. The van der Waals surface area contributed by atoms with Gasteiger partial charge in [0, 0.05) is 36.6 Å². The molecule has 0 aliphatic carbocycles. The summed E-state index contributed by atoms with van der Waals surface area (Å²) in [5.41, 5.74) is 2.17. The molecular weight excluding hydrogens is 385 g/mol. The molecule has 1 aromatic carbocycles. The molecule has 7 nitrogen and oxygen atoms in total. The molecule has 30 heavy (non-hydrogen) atoms. The Morgan fingerprint density at radius 3 is 2.77 bits per heavy atom. The Bertz CT molecular complexity index is 1030. The molecule has 8 heteroatoms. The number of aryl methyl sites for hydroxylation is 1. The van der Waals surface area contributed by atoms with Crippen molar-refractivity contribution in [2.24, 2.45) is 0 Å². The van der Waals surface area contributed by atoms with Crippen LogP contribution in [-0.2, 0) is 4.74 Å². The second-order valence-electron chi connectivity index (χ2n) is 7.58. The van der Waals surface area contributed by atoms with E-state index in [1.54, 1.807) is 18.2 Å². The Labute approximate surface area is 174 Å². The van der Waals surface area contributed by atoms with Crippen LogP contribution in [0.1, 0.15) is 41.0 Å². The highest BCUT2D eigenvalue weighted by molar-refractivity contribution is 5.98. The first-order valence-corrected chi connectivity index (χ1v) is 10.0. The van der Waals surface area contributed by atoms with Gasteiger partial charge in [0.25, 0.3) is 0 Å². The summed E-state index contributed by atoms with van der Waals surface area (Å²) in [6, 6.07) is 8.49. The SMILES string of the molecule is Cc1ccc(-c2cc(C(=O)C[C@@H](C)c3ncn[nH]3)cc(N3CCOCC3)n2)c(F)c1. The number of nitrogens with one attached hydrogen (secondary N) is 1. The molecule has 0 unspecified atom stereocenters. The van der Waals surface area contributed by atoms with Gasteiger partial charge in [0.15, 0.2) is 5.78 Å².